The van der Waals surface area contributed by atoms with Crippen molar-refractivity contribution in [2.24, 2.45) is 5.92 Å². The lowest BCUT2D eigenvalue weighted by Gasteiger charge is -2.30. The maximum atomic E-state index is 12.9. The number of carbonyl (C=O) groups excluding carboxylic acids is 1. The molecule has 1 unspecified atom stereocenters. The van der Waals surface area contributed by atoms with Crippen LogP contribution in [0.2, 0.25) is 0 Å². The molecule has 1 aliphatic heterocycles. The molecule has 0 bridgehead atoms. The van der Waals surface area contributed by atoms with Crippen LogP contribution in [0.25, 0.3) is 0 Å². The van der Waals surface area contributed by atoms with Gasteiger partial charge in [0, 0.05) is 26.1 Å². The Labute approximate surface area is 161 Å². The fourth-order valence-corrected chi connectivity index (χ4v) is 4.29. The average Bonchev–Trinajstić information content (AvgIpc) is 2.62. The summed E-state index contributed by atoms with van der Waals surface area (Å²) in [6.07, 6.45) is 4.62. The third-order valence-corrected chi connectivity index (χ3v) is 6.21. The summed E-state index contributed by atoms with van der Waals surface area (Å²) < 4.78 is 39.3. The maximum Gasteiger partial charge on any atom is 0.240 e. The van der Waals surface area contributed by atoms with Gasteiger partial charge in [-0.15, -0.1) is 0 Å². The molecule has 152 valence electrons. The first-order valence-corrected chi connectivity index (χ1v) is 11.1. The van der Waals surface area contributed by atoms with Crippen LogP contribution in [0.15, 0.2) is 29.2 Å². The second-order valence-corrected chi connectivity index (χ2v) is 8.97. The molecule has 1 aliphatic rings. The third kappa shape index (κ3) is 7.94. The number of halogens is 1. The molecule has 1 amide bonds. The highest BCUT2D eigenvalue weighted by Crippen LogP contribution is 2.15. The van der Waals surface area contributed by atoms with Crippen LogP contribution >= 0.6 is 0 Å². The number of likely N-dealkylation sites (tertiary alicyclic amines) is 1. The van der Waals surface area contributed by atoms with E-state index in [1.54, 1.807) is 0 Å². The Hall–Kier alpha value is -1.51. The number of piperidine rings is 1. The van der Waals surface area contributed by atoms with Gasteiger partial charge in [0.25, 0.3) is 0 Å². The second-order valence-electron chi connectivity index (χ2n) is 7.21. The minimum absolute atomic E-state index is 0.0111. The van der Waals surface area contributed by atoms with Crippen molar-refractivity contribution in [2.75, 3.05) is 32.7 Å². The van der Waals surface area contributed by atoms with E-state index in [9.17, 15) is 17.6 Å². The first-order valence-electron chi connectivity index (χ1n) is 9.61. The fraction of sp³-hybridized carbons (Fsp3) is 0.632. The van der Waals surface area contributed by atoms with Gasteiger partial charge >= 0.3 is 0 Å². The number of nitrogens with zero attached hydrogens (tertiary/aromatic N) is 1. The van der Waals surface area contributed by atoms with Gasteiger partial charge in [0.2, 0.25) is 15.9 Å². The lowest BCUT2D eigenvalue weighted by atomic mass is 10.0. The number of benzene rings is 1. The zero-order valence-electron chi connectivity index (χ0n) is 15.9. The van der Waals surface area contributed by atoms with Crippen molar-refractivity contribution in [2.45, 2.75) is 43.9 Å². The fourth-order valence-electron chi connectivity index (χ4n) is 3.26. The van der Waals surface area contributed by atoms with E-state index in [1.165, 1.54) is 38.1 Å². The van der Waals surface area contributed by atoms with Gasteiger partial charge in [0.05, 0.1) is 4.90 Å². The molecule has 1 aromatic carbocycles. The van der Waals surface area contributed by atoms with E-state index in [2.05, 4.69) is 21.9 Å². The first-order chi connectivity index (χ1) is 12.9. The summed E-state index contributed by atoms with van der Waals surface area (Å²) in [5.41, 5.74) is 0. The van der Waals surface area contributed by atoms with Gasteiger partial charge in [-0.05, 0) is 69.0 Å². The Morgan fingerprint density at radius 3 is 2.67 bits per heavy atom. The van der Waals surface area contributed by atoms with Gasteiger partial charge in [-0.1, -0.05) is 6.92 Å². The lowest BCUT2D eigenvalue weighted by Crippen LogP contribution is -2.35. The van der Waals surface area contributed by atoms with Gasteiger partial charge in [0.1, 0.15) is 5.82 Å². The standard InChI is InChI=1S/C19H30FN3O3S/c1-16-5-4-14-23(15-16)13-3-2-11-21-19(24)10-12-22-27(25,26)18-8-6-17(20)7-9-18/h6-9,16,22H,2-5,10-15H2,1H3,(H,21,24). The van der Waals surface area contributed by atoms with Crippen molar-refractivity contribution in [3.63, 3.8) is 0 Å². The second kappa shape index (κ2) is 10.7. The van der Waals surface area contributed by atoms with Crippen LogP contribution in [0.1, 0.15) is 39.0 Å². The molecule has 1 saturated heterocycles. The van der Waals surface area contributed by atoms with E-state index in [0.29, 0.717) is 6.54 Å². The van der Waals surface area contributed by atoms with Gasteiger partial charge in [-0.25, -0.2) is 17.5 Å². The van der Waals surface area contributed by atoms with Gasteiger partial charge in [-0.2, -0.15) is 0 Å². The smallest absolute Gasteiger partial charge is 0.240 e. The molecule has 27 heavy (non-hydrogen) atoms. The molecule has 1 fully saturated rings. The molecule has 8 heteroatoms. The number of nitrogens with one attached hydrogen (secondary N) is 2. The third-order valence-electron chi connectivity index (χ3n) is 4.73. The van der Waals surface area contributed by atoms with Crippen LogP contribution in [0.5, 0.6) is 0 Å². The summed E-state index contributed by atoms with van der Waals surface area (Å²) in [6, 6.07) is 4.57. The van der Waals surface area contributed by atoms with Gasteiger partial charge in [0.15, 0.2) is 0 Å². The van der Waals surface area contributed by atoms with E-state index in [4.69, 9.17) is 0 Å². The van der Waals surface area contributed by atoms with Crippen molar-refractivity contribution in [1.82, 2.24) is 14.9 Å². The van der Waals surface area contributed by atoms with Crippen LogP contribution in [0, 0.1) is 11.7 Å². The topological polar surface area (TPSA) is 78.5 Å². The Kier molecular flexibility index (Phi) is 8.66. The van der Waals surface area contributed by atoms with Crippen molar-refractivity contribution in [1.29, 1.82) is 0 Å². The molecular weight excluding hydrogens is 369 g/mol. The molecule has 1 heterocycles. The summed E-state index contributed by atoms with van der Waals surface area (Å²) in [5, 5.41) is 2.82. The normalized spacial score (nSPS) is 18.4. The van der Waals surface area contributed by atoms with Crippen LogP contribution in [0.3, 0.4) is 0 Å². The zero-order valence-corrected chi connectivity index (χ0v) is 16.7. The molecule has 0 aromatic heterocycles. The Morgan fingerprint density at radius 2 is 1.96 bits per heavy atom. The summed E-state index contributed by atoms with van der Waals surface area (Å²) in [7, 11) is -3.72. The number of sulfonamides is 1. The Bertz CT molecular complexity index is 695. The zero-order chi connectivity index (χ0) is 19.7. The molecule has 0 radical (unpaired) electrons. The highest BCUT2D eigenvalue weighted by atomic mass is 32.2. The Balaban J connectivity index is 1.56. The SMILES string of the molecule is CC1CCCN(CCCCNC(=O)CCNS(=O)(=O)c2ccc(F)cc2)C1. The van der Waals surface area contributed by atoms with E-state index < -0.39 is 15.8 Å². The van der Waals surface area contributed by atoms with Crippen LogP contribution < -0.4 is 10.0 Å². The van der Waals surface area contributed by atoms with E-state index in [0.717, 1.165) is 37.4 Å². The first kappa shape index (κ1) is 21.8. The summed E-state index contributed by atoms with van der Waals surface area (Å²) in [5.74, 6) is 0.101. The summed E-state index contributed by atoms with van der Waals surface area (Å²) in [4.78, 5) is 14.3. The quantitative estimate of drug-likeness (QED) is 0.591. The summed E-state index contributed by atoms with van der Waals surface area (Å²) >= 11 is 0. The molecule has 0 spiro atoms. The monoisotopic (exact) mass is 399 g/mol. The number of rotatable bonds is 10. The summed E-state index contributed by atoms with van der Waals surface area (Å²) in [6.45, 7) is 6.31. The molecule has 0 saturated carbocycles. The number of amides is 1. The highest BCUT2D eigenvalue weighted by molar-refractivity contribution is 7.89. The molecule has 0 aliphatic carbocycles. The molecule has 2 N–H and O–H groups in total. The number of hydrogen-bond acceptors (Lipinski definition) is 4. The largest absolute Gasteiger partial charge is 0.356 e. The van der Waals surface area contributed by atoms with Crippen LogP contribution in [-0.2, 0) is 14.8 Å². The van der Waals surface area contributed by atoms with E-state index >= 15 is 0 Å². The number of unbranched alkanes of at least 4 members (excludes halogenated alkanes) is 1. The number of hydrogen-bond donors (Lipinski definition) is 2. The highest BCUT2D eigenvalue weighted by Gasteiger charge is 2.16. The van der Waals surface area contributed by atoms with Crippen LogP contribution in [0.4, 0.5) is 4.39 Å². The molecular formula is C19H30FN3O3S. The van der Waals surface area contributed by atoms with E-state index in [1.807, 2.05) is 0 Å². The maximum absolute atomic E-state index is 12.9. The van der Waals surface area contributed by atoms with Crippen molar-refractivity contribution < 1.29 is 17.6 Å². The van der Waals surface area contributed by atoms with Crippen molar-refractivity contribution >= 4 is 15.9 Å². The average molecular weight is 400 g/mol. The van der Waals surface area contributed by atoms with E-state index in [-0.39, 0.29) is 23.8 Å². The predicted octanol–water partition coefficient (Wildman–Crippen LogP) is 2.12. The van der Waals surface area contributed by atoms with Gasteiger partial charge in [-0.3, -0.25) is 4.79 Å². The van der Waals surface area contributed by atoms with Crippen molar-refractivity contribution in [3.05, 3.63) is 30.1 Å². The molecule has 2 rings (SSSR count). The Morgan fingerprint density at radius 1 is 1.22 bits per heavy atom. The molecule has 6 nitrogen and oxygen atoms in total. The molecule has 1 atom stereocenters. The minimum Gasteiger partial charge on any atom is -0.356 e. The minimum atomic E-state index is -3.72. The lowest BCUT2D eigenvalue weighted by molar-refractivity contribution is -0.120. The molecule has 1 aromatic rings. The van der Waals surface area contributed by atoms with Crippen LogP contribution in [-0.4, -0.2) is 51.9 Å². The number of carbonyl (C=O) groups is 1. The van der Waals surface area contributed by atoms with Gasteiger partial charge < -0.3 is 10.2 Å². The predicted molar refractivity (Wildman–Crippen MR) is 103 cm³/mol. The van der Waals surface area contributed by atoms with Crippen molar-refractivity contribution in [3.8, 4) is 0 Å².